The van der Waals surface area contributed by atoms with Crippen molar-refractivity contribution in [2.24, 2.45) is 0 Å². The molecule has 2 aromatic carbocycles. The van der Waals surface area contributed by atoms with Crippen LogP contribution in [0.3, 0.4) is 0 Å². The van der Waals surface area contributed by atoms with E-state index in [9.17, 15) is 0 Å². The summed E-state index contributed by atoms with van der Waals surface area (Å²) in [7, 11) is 0. The topological polar surface area (TPSA) is 48.1 Å². The molecule has 3 aromatic rings. The number of ether oxygens (including phenoxy) is 1. The molecule has 0 unspecified atom stereocenters. The lowest BCUT2D eigenvalue weighted by atomic mass is 10.1. The lowest BCUT2D eigenvalue weighted by Crippen LogP contribution is -2.00. The van der Waals surface area contributed by atoms with Crippen molar-refractivity contribution >= 4 is 28.2 Å². The Kier molecular flexibility index (Phi) is 3.67. The number of nitrogens with two attached hydrogens (primary N) is 1. The number of nitrogen functional groups attached to an aromatic ring is 1. The van der Waals surface area contributed by atoms with Crippen LogP contribution < -0.4 is 10.5 Å². The van der Waals surface area contributed by atoms with Crippen molar-refractivity contribution in [1.82, 2.24) is 4.98 Å². The molecule has 1 heterocycles. The average molecular weight is 299 g/mol. The van der Waals surface area contributed by atoms with Gasteiger partial charge in [0.25, 0.3) is 0 Å². The van der Waals surface area contributed by atoms with Crippen LogP contribution in [0.5, 0.6) is 5.75 Å². The van der Waals surface area contributed by atoms with Crippen LogP contribution in [0.15, 0.2) is 48.7 Å². The fourth-order valence-corrected chi connectivity index (χ4v) is 2.53. The first-order valence-electron chi connectivity index (χ1n) is 6.66. The van der Waals surface area contributed by atoms with Crippen LogP contribution in [-0.4, -0.2) is 4.98 Å². The van der Waals surface area contributed by atoms with Gasteiger partial charge in [0.1, 0.15) is 12.4 Å². The van der Waals surface area contributed by atoms with Crippen molar-refractivity contribution in [2.45, 2.75) is 13.5 Å². The van der Waals surface area contributed by atoms with Gasteiger partial charge in [-0.05, 0) is 48.9 Å². The number of fused-ring (bicyclic) bond motifs is 1. The number of aromatic nitrogens is 1. The van der Waals surface area contributed by atoms with E-state index < -0.39 is 0 Å². The van der Waals surface area contributed by atoms with Gasteiger partial charge in [-0.25, -0.2) is 0 Å². The van der Waals surface area contributed by atoms with Crippen molar-refractivity contribution in [3.05, 3.63) is 64.8 Å². The molecule has 1 aromatic heterocycles. The summed E-state index contributed by atoms with van der Waals surface area (Å²) in [5.74, 6) is 0.820. The molecule has 0 aliphatic rings. The molecule has 0 atom stereocenters. The Hall–Kier alpha value is -2.26. The monoisotopic (exact) mass is 298 g/mol. The first-order valence-corrected chi connectivity index (χ1v) is 7.04. The molecule has 21 heavy (non-hydrogen) atoms. The van der Waals surface area contributed by atoms with Crippen molar-refractivity contribution in [2.75, 3.05) is 5.73 Å². The third-order valence-corrected chi connectivity index (χ3v) is 3.64. The lowest BCUT2D eigenvalue weighted by molar-refractivity contribution is 0.305. The van der Waals surface area contributed by atoms with E-state index in [2.05, 4.69) is 4.98 Å². The quantitative estimate of drug-likeness (QED) is 0.731. The highest BCUT2D eigenvalue weighted by molar-refractivity contribution is 6.30. The number of nitrogens with zero attached hydrogens (tertiary/aromatic N) is 1. The molecule has 0 saturated carbocycles. The smallest absolute Gasteiger partial charge is 0.122 e. The largest absolute Gasteiger partial charge is 0.489 e. The van der Waals surface area contributed by atoms with Gasteiger partial charge in [-0.2, -0.15) is 0 Å². The second-order valence-corrected chi connectivity index (χ2v) is 5.35. The standard InChI is InChI=1S/C17H15ClN2O/c1-11-9-13(18)5-7-16(11)21-10-12-4-6-15(19)14-3-2-8-20-17(12)14/h2-9H,10,19H2,1H3. The molecule has 0 bridgehead atoms. The molecule has 0 saturated heterocycles. The highest BCUT2D eigenvalue weighted by Crippen LogP contribution is 2.26. The molecular weight excluding hydrogens is 284 g/mol. The number of hydrogen-bond acceptors (Lipinski definition) is 3. The Balaban J connectivity index is 1.90. The van der Waals surface area contributed by atoms with E-state index >= 15 is 0 Å². The number of halogens is 1. The van der Waals surface area contributed by atoms with Crippen LogP contribution in [0.25, 0.3) is 10.9 Å². The van der Waals surface area contributed by atoms with E-state index in [1.807, 2.05) is 49.4 Å². The van der Waals surface area contributed by atoms with Crippen molar-refractivity contribution in [3.63, 3.8) is 0 Å². The Morgan fingerprint density at radius 3 is 2.86 bits per heavy atom. The van der Waals surface area contributed by atoms with E-state index in [4.69, 9.17) is 22.1 Å². The average Bonchev–Trinajstić information content (AvgIpc) is 2.48. The zero-order valence-corrected chi connectivity index (χ0v) is 12.4. The highest BCUT2D eigenvalue weighted by atomic mass is 35.5. The minimum atomic E-state index is 0.441. The Morgan fingerprint density at radius 2 is 2.05 bits per heavy atom. The maximum atomic E-state index is 5.98. The van der Waals surface area contributed by atoms with Crippen LogP contribution in [0.1, 0.15) is 11.1 Å². The van der Waals surface area contributed by atoms with Gasteiger partial charge in [0, 0.05) is 27.9 Å². The molecule has 4 heteroatoms. The number of aryl methyl sites for hydroxylation is 1. The summed E-state index contributed by atoms with van der Waals surface area (Å²) in [6.45, 7) is 2.41. The Morgan fingerprint density at radius 1 is 1.19 bits per heavy atom. The molecular formula is C17H15ClN2O. The summed E-state index contributed by atoms with van der Waals surface area (Å²) < 4.78 is 5.89. The van der Waals surface area contributed by atoms with Gasteiger partial charge in [0.2, 0.25) is 0 Å². The number of anilines is 1. The minimum absolute atomic E-state index is 0.441. The van der Waals surface area contributed by atoms with Crippen LogP contribution >= 0.6 is 11.6 Å². The van der Waals surface area contributed by atoms with E-state index in [1.165, 1.54) is 0 Å². The second-order valence-electron chi connectivity index (χ2n) is 4.91. The molecule has 2 N–H and O–H groups in total. The highest BCUT2D eigenvalue weighted by Gasteiger charge is 2.07. The second kappa shape index (κ2) is 5.62. The number of hydrogen-bond donors (Lipinski definition) is 1. The van der Waals surface area contributed by atoms with Gasteiger partial charge in [-0.3, -0.25) is 4.98 Å². The van der Waals surface area contributed by atoms with Crippen molar-refractivity contribution in [1.29, 1.82) is 0 Å². The third-order valence-electron chi connectivity index (χ3n) is 3.41. The molecule has 106 valence electrons. The predicted molar refractivity (Wildman–Crippen MR) is 86.7 cm³/mol. The fraction of sp³-hybridized carbons (Fsp3) is 0.118. The van der Waals surface area contributed by atoms with Gasteiger partial charge in [0.05, 0.1) is 5.52 Å². The molecule has 0 spiro atoms. The zero-order valence-electron chi connectivity index (χ0n) is 11.6. The molecule has 0 aliphatic heterocycles. The van der Waals surface area contributed by atoms with Crippen LogP contribution in [-0.2, 0) is 6.61 Å². The Bertz CT molecular complexity index is 802. The maximum Gasteiger partial charge on any atom is 0.122 e. The van der Waals surface area contributed by atoms with Gasteiger partial charge in [0.15, 0.2) is 0 Å². The first-order chi connectivity index (χ1) is 10.1. The molecule has 3 nitrogen and oxygen atoms in total. The summed E-state index contributed by atoms with van der Waals surface area (Å²) in [5, 5.41) is 1.66. The van der Waals surface area contributed by atoms with E-state index in [-0.39, 0.29) is 0 Å². The van der Waals surface area contributed by atoms with Gasteiger partial charge >= 0.3 is 0 Å². The lowest BCUT2D eigenvalue weighted by Gasteiger charge is -2.11. The van der Waals surface area contributed by atoms with Gasteiger partial charge in [-0.1, -0.05) is 17.7 Å². The molecule has 3 rings (SSSR count). The Labute approximate surface area is 128 Å². The number of rotatable bonds is 3. The summed E-state index contributed by atoms with van der Waals surface area (Å²) in [4.78, 5) is 4.41. The molecule has 0 aliphatic carbocycles. The van der Waals surface area contributed by atoms with Crippen LogP contribution in [0.4, 0.5) is 5.69 Å². The summed E-state index contributed by atoms with van der Waals surface area (Å²) in [6, 6.07) is 13.3. The van der Waals surface area contributed by atoms with E-state index in [0.717, 1.165) is 33.5 Å². The third kappa shape index (κ3) is 2.78. The summed E-state index contributed by atoms with van der Waals surface area (Å²) in [5.41, 5.74) is 9.60. The van der Waals surface area contributed by atoms with E-state index in [1.54, 1.807) is 6.20 Å². The predicted octanol–water partition coefficient (Wildman–Crippen LogP) is 4.36. The van der Waals surface area contributed by atoms with Crippen LogP contribution in [0.2, 0.25) is 5.02 Å². The summed E-state index contributed by atoms with van der Waals surface area (Å²) >= 11 is 5.95. The number of pyridine rings is 1. The minimum Gasteiger partial charge on any atom is -0.489 e. The first kappa shape index (κ1) is 13.7. The molecule has 0 fully saturated rings. The molecule has 0 radical (unpaired) electrons. The van der Waals surface area contributed by atoms with Gasteiger partial charge in [-0.15, -0.1) is 0 Å². The SMILES string of the molecule is Cc1cc(Cl)ccc1OCc1ccc(N)c2cccnc12. The zero-order chi connectivity index (χ0) is 14.8. The summed E-state index contributed by atoms with van der Waals surface area (Å²) in [6.07, 6.45) is 1.76. The van der Waals surface area contributed by atoms with Crippen molar-refractivity contribution in [3.8, 4) is 5.75 Å². The van der Waals surface area contributed by atoms with E-state index in [0.29, 0.717) is 11.6 Å². The maximum absolute atomic E-state index is 5.98. The van der Waals surface area contributed by atoms with Crippen LogP contribution in [0, 0.1) is 6.92 Å². The number of benzene rings is 2. The molecule has 0 amide bonds. The van der Waals surface area contributed by atoms with Gasteiger partial charge < -0.3 is 10.5 Å². The van der Waals surface area contributed by atoms with Crippen molar-refractivity contribution < 1.29 is 4.74 Å². The normalized spacial score (nSPS) is 10.8. The fourth-order valence-electron chi connectivity index (χ4n) is 2.30.